The summed E-state index contributed by atoms with van der Waals surface area (Å²) in [5.41, 5.74) is 1.17. The molecule has 0 fully saturated rings. The van der Waals surface area contributed by atoms with Crippen molar-refractivity contribution < 1.29 is 29.3 Å². The molecular weight excluding hydrogens is 538 g/mol. The predicted octanol–water partition coefficient (Wildman–Crippen LogP) is 6.44. The van der Waals surface area contributed by atoms with Crippen molar-refractivity contribution in [1.29, 1.82) is 0 Å². The number of carboxylic acid groups (broad SMARTS) is 2. The molecule has 0 atom stereocenters. The van der Waals surface area contributed by atoms with Gasteiger partial charge in [0.25, 0.3) is 5.91 Å². The van der Waals surface area contributed by atoms with E-state index in [0.29, 0.717) is 18.1 Å². The number of hydrogen-bond acceptors (Lipinski definition) is 5. The van der Waals surface area contributed by atoms with Crippen molar-refractivity contribution in [2.45, 2.75) is 22.8 Å². The second kappa shape index (κ2) is 13.0. The Morgan fingerprint density at radius 1 is 0.795 bits per heavy atom. The molecule has 4 aromatic carbocycles. The lowest BCUT2D eigenvalue weighted by Crippen LogP contribution is -2.26. The van der Waals surface area contributed by atoms with E-state index >= 15 is 0 Å². The summed E-state index contributed by atoms with van der Waals surface area (Å²) in [7, 11) is 0. The highest BCUT2D eigenvalue weighted by molar-refractivity contribution is 7.99. The summed E-state index contributed by atoms with van der Waals surface area (Å²) in [6.07, 6.45) is 0.456. The molecule has 0 saturated carbocycles. The molecule has 0 heterocycles. The molecule has 198 valence electrons. The van der Waals surface area contributed by atoms with Crippen LogP contribution in [0.25, 0.3) is 0 Å². The minimum atomic E-state index is -1.42. The van der Waals surface area contributed by atoms with Gasteiger partial charge in [0.05, 0.1) is 11.1 Å². The third-order valence-electron chi connectivity index (χ3n) is 5.74. The molecular formula is C30H24ClNO6S. The summed E-state index contributed by atoms with van der Waals surface area (Å²) in [5.74, 6) is -2.53. The van der Waals surface area contributed by atoms with Gasteiger partial charge in [-0.25, -0.2) is 9.59 Å². The third kappa shape index (κ3) is 7.63. The number of carboxylic acids is 2. The van der Waals surface area contributed by atoms with Gasteiger partial charge in [0.2, 0.25) is 0 Å². The molecule has 0 aliphatic heterocycles. The lowest BCUT2D eigenvalue weighted by Gasteiger charge is -2.10. The summed E-state index contributed by atoms with van der Waals surface area (Å²) in [4.78, 5) is 37.0. The average molecular weight is 562 g/mol. The molecule has 0 spiro atoms. The Morgan fingerprint density at radius 2 is 1.54 bits per heavy atom. The van der Waals surface area contributed by atoms with Crippen molar-refractivity contribution in [2.75, 3.05) is 6.54 Å². The number of carbonyl (C=O) groups excluding carboxylic acids is 1. The first-order valence-corrected chi connectivity index (χ1v) is 13.1. The zero-order valence-electron chi connectivity index (χ0n) is 20.6. The van der Waals surface area contributed by atoms with Crippen molar-refractivity contribution in [2.24, 2.45) is 0 Å². The van der Waals surface area contributed by atoms with E-state index in [4.69, 9.17) is 21.4 Å². The van der Waals surface area contributed by atoms with E-state index in [9.17, 15) is 19.5 Å². The highest BCUT2D eigenvalue weighted by Gasteiger charge is 2.18. The fourth-order valence-electron chi connectivity index (χ4n) is 3.76. The Kier molecular flexibility index (Phi) is 9.25. The maximum atomic E-state index is 12.5. The van der Waals surface area contributed by atoms with Crippen LogP contribution in [0.2, 0.25) is 5.02 Å². The number of benzene rings is 4. The fourth-order valence-corrected chi connectivity index (χ4v) is 5.01. The molecule has 0 aliphatic carbocycles. The van der Waals surface area contributed by atoms with Crippen molar-refractivity contribution in [1.82, 2.24) is 5.32 Å². The predicted molar refractivity (Wildman–Crippen MR) is 149 cm³/mol. The van der Waals surface area contributed by atoms with E-state index in [-0.39, 0.29) is 17.7 Å². The molecule has 7 nitrogen and oxygen atoms in total. The number of halogens is 1. The van der Waals surface area contributed by atoms with Gasteiger partial charge in [-0.15, -0.1) is 0 Å². The number of nitrogens with one attached hydrogen (secondary N) is 1. The monoisotopic (exact) mass is 561 g/mol. The van der Waals surface area contributed by atoms with E-state index in [1.165, 1.54) is 6.07 Å². The van der Waals surface area contributed by atoms with Gasteiger partial charge in [-0.05, 0) is 66.1 Å². The van der Waals surface area contributed by atoms with Crippen LogP contribution in [0.5, 0.6) is 5.75 Å². The van der Waals surface area contributed by atoms with Crippen LogP contribution in [0, 0.1) is 0 Å². The highest BCUT2D eigenvalue weighted by Crippen LogP contribution is 2.33. The molecule has 4 aromatic rings. The molecule has 39 heavy (non-hydrogen) atoms. The first-order valence-electron chi connectivity index (χ1n) is 11.9. The van der Waals surface area contributed by atoms with Gasteiger partial charge in [0.15, 0.2) is 0 Å². The minimum Gasteiger partial charge on any atom is -0.489 e. The Hall–Kier alpha value is -4.27. The number of rotatable bonds is 11. The third-order valence-corrected chi connectivity index (χ3v) is 7.07. The van der Waals surface area contributed by atoms with E-state index in [1.54, 1.807) is 11.8 Å². The summed E-state index contributed by atoms with van der Waals surface area (Å²) in [6, 6.07) is 27.0. The van der Waals surface area contributed by atoms with Crippen LogP contribution in [-0.2, 0) is 13.0 Å². The first kappa shape index (κ1) is 27.8. The molecule has 1 amide bonds. The van der Waals surface area contributed by atoms with Crippen molar-refractivity contribution in [3.63, 3.8) is 0 Å². The number of carbonyl (C=O) groups is 3. The topological polar surface area (TPSA) is 113 Å². The van der Waals surface area contributed by atoms with Gasteiger partial charge in [0, 0.05) is 26.9 Å². The van der Waals surface area contributed by atoms with Crippen LogP contribution in [0.3, 0.4) is 0 Å². The molecule has 0 aliphatic rings. The molecule has 0 radical (unpaired) electrons. The number of ether oxygens (including phenoxy) is 1. The quantitative estimate of drug-likeness (QED) is 0.193. The Labute approximate surface area is 234 Å². The van der Waals surface area contributed by atoms with Crippen LogP contribution in [0.4, 0.5) is 0 Å². The van der Waals surface area contributed by atoms with Gasteiger partial charge >= 0.3 is 11.9 Å². The first-order chi connectivity index (χ1) is 18.8. The SMILES string of the molecule is O=C(NCCc1ccc(Sc2cccc(OCc3ccccc3)c2)cc1Cl)c1ccc(C(=O)O)c(C(=O)O)c1. The normalized spacial score (nSPS) is 10.6. The second-order valence-electron chi connectivity index (χ2n) is 8.48. The van der Waals surface area contributed by atoms with E-state index in [1.807, 2.05) is 72.8 Å². The maximum Gasteiger partial charge on any atom is 0.336 e. The maximum absolute atomic E-state index is 12.5. The van der Waals surface area contributed by atoms with Gasteiger partial charge in [-0.2, -0.15) is 0 Å². The van der Waals surface area contributed by atoms with E-state index in [2.05, 4.69) is 5.32 Å². The molecule has 0 bridgehead atoms. The minimum absolute atomic E-state index is 0.0604. The fraction of sp³-hybridized carbons (Fsp3) is 0.100. The highest BCUT2D eigenvalue weighted by atomic mass is 35.5. The van der Waals surface area contributed by atoms with Gasteiger partial charge in [-0.1, -0.05) is 65.8 Å². The molecule has 0 unspecified atom stereocenters. The van der Waals surface area contributed by atoms with Crippen LogP contribution in [-0.4, -0.2) is 34.6 Å². The Balaban J connectivity index is 1.32. The molecule has 0 saturated heterocycles. The van der Waals surface area contributed by atoms with Crippen LogP contribution in [0.1, 0.15) is 42.2 Å². The summed E-state index contributed by atoms with van der Waals surface area (Å²) in [6.45, 7) is 0.745. The van der Waals surface area contributed by atoms with Crippen molar-refractivity contribution in [3.05, 3.63) is 124 Å². The van der Waals surface area contributed by atoms with Crippen molar-refractivity contribution in [3.8, 4) is 5.75 Å². The molecule has 0 aromatic heterocycles. The van der Waals surface area contributed by atoms with Gasteiger partial charge < -0.3 is 20.3 Å². The Morgan fingerprint density at radius 3 is 2.26 bits per heavy atom. The number of aromatic carboxylic acids is 2. The smallest absolute Gasteiger partial charge is 0.336 e. The van der Waals surface area contributed by atoms with Gasteiger partial charge in [0.1, 0.15) is 12.4 Å². The largest absolute Gasteiger partial charge is 0.489 e. The van der Waals surface area contributed by atoms with E-state index < -0.39 is 23.4 Å². The molecule has 3 N–H and O–H groups in total. The zero-order chi connectivity index (χ0) is 27.8. The van der Waals surface area contributed by atoms with Crippen molar-refractivity contribution >= 4 is 41.2 Å². The summed E-state index contributed by atoms with van der Waals surface area (Å²) < 4.78 is 5.91. The lowest BCUT2D eigenvalue weighted by molar-refractivity contribution is 0.0651. The van der Waals surface area contributed by atoms with E-state index in [0.717, 1.165) is 38.8 Å². The molecule has 4 rings (SSSR count). The van der Waals surface area contributed by atoms with Gasteiger partial charge in [-0.3, -0.25) is 4.79 Å². The zero-order valence-corrected chi connectivity index (χ0v) is 22.2. The van der Waals surface area contributed by atoms with Crippen LogP contribution >= 0.6 is 23.4 Å². The molecule has 9 heteroatoms. The summed E-state index contributed by atoms with van der Waals surface area (Å²) >= 11 is 8.06. The second-order valence-corrected chi connectivity index (χ2v) is 10.0. The van der Waals surface area contributed by atoms with Crippen LogP contribution in [0.15, 0.2) is 101 Å². The summed E-state index contributed by atoms with van der Waals surface area (Å²) in [5, 5.41) is 21.7. The number of amides is 1. The van der Waals surface area contributed by atoms with Crippen LogP contribution < -0.4 is 10.1 Å². The standard InChI is InChI=1S/C30H24ClNO6S/c31-27-17-24(39-23-8-4-7-22(16-23)38-18-19-5-2-1-3-6-19)11-9-20(27)13-14-32-28(33)21-10-12-25(29(34)35)26(15-21)30(36)37/h1-12,15-17H,13-14,18H2,(H,32,33)(H,34,35)(H,36,37). The average Bonchev–Trinajstić information content (AvgIpc) is 2.93. The lowest BCUT2D eigenvalue weighted by atomic mass is 10.0. The Bertz CT molecular complexity index is 1510. The number of hydrogen-bond donors (Lipinski definition) is 3.